The molecule has 0 aromatic heterocycles. The van der Waals surface area contributed by atoms with Crippen molar-refractivity contribution in [1.82, 2.24) is 5.32 Å². The Hall–Kier alpha value is -2.94. The van der Waals surface area contributed by atoms with Crippen LogP contribution in [0.15, 0.2) is 48.6 Å². The third-order valence-electron chi connectivity index (χ3n) is 4.28. The van der Waals surface area contributed by atoms with Gasteiger partial charge in [0.2, 0.25) is 0 Å². The minimum absolute atomic E-state index is 0.00942. The Morgan fingerprint density at radius 1 is 1.22 bits per heavy atom. The molecule has 0 aliphatic rings. The van der Waals surface area contributed by atoms with Crippen molar-refractivity contribution < 1.29 is 14.3 Å². The van der Waals surface area contributed by atoms with Gasteiger partial charge in [0.25, 0.3) is 5.91 Å². The quantitative estimate of drug-likeness (QED) is 0.256. The smallest absolute Gasteiger partial charge is 0.262 e. The predicted octanol–water partition coefficient (Wildman–Crippen LogP) is 6.13. The zero-order chi connectivity index (χ0) is 23.7. The second-order valence-electron chi connectivity index (χ2n) is 7.27. The first-order valence-electron chi connectivity index (χ1n) is 10.2. The van der Waals surface area contributed by atoms with E-state index in [0.29, 0.717) is 40.1 Å². The van der Waals surface area contributed by atoms with E-state index >= 15 is 0 Å². The first-order chi connectivity index (χ1) is 15.3. The molecule has 2 aromatic carbocycles. The van der Waals surface area contributed by atoms with E-state index in [4.69, 9.17) is 32.7 Å². The van der Waals surface area contributed by atoms with Crippen LogP contribution in [0.3, 0.4) is 0 Å². The highest BCUT2D eigenvalue weighted by Crippen LogP contribution is 2.35. The lowest BCUT2D eigenvalue weighted by Crippen LogP contribution is -2.30. The number of nitrogens with zero attached hydrogens (tertiary/aromatic N) is 1. The molecule has 0 spiro atoms. The molecule has 0 saturated carbocycles. The molecule has 0 radical (unpaired) electrons. The monoisotopic (exact) mass is 472 g/mol. The summed E-state index contributed by atoms with van der Waals surface area (Å²) in [5.41, 5.74) is 2.34. The molecule has 2 rings (SSSR count). The third kappa shape index (κ3) is 7.05. The molecule has 1 N–H and O–H groups in total. The van der Waals surface area contributed by atoms with Gasteiger partial charge in [0.15, 0.2) is 11.5 Å². The van der Waals surface area contributed by atoms with Gasteiger partial charge in [-0.25, -0.2) is 0 Å². The second-order valence-corrected chi connectivity index (χ2v) is 8.08. The zero-order valence-electron chi connectivity index (χ0n) is 18.4. The Bertz CT molecular complexity index is 1060. The molecule has 0 saturated heterocycles. The molecule has 0 fully saturated rings. The topological polar surface area (TPSA) is 71.4 Å². The Kier molecular flexibility index (Phi) is 9.64. The van der Waals surface area contributed by atoms with Crippen LogP contribution in [0, 0.1) is 11.3 Å². The number of hydrogen-bond donors (Lipinski definition) is 1. The fourth-order valence-corrected chi connectivity index (χ4v) is 3.26. The standard InChI is InChI=1S/C25H26Cl2N2O3/c1-5-7-19-10-18(11-20(14-28)25(30)29-16(3)4)13-23(31-6-2)24(19)32-15-17-8-9-21(26)22(27)12-17/h5,8-13,16H,1,6-7,15H2,2-4H3,(H,29,30)/b20-11-. The van der Waals surface area contributed by atoms with E-state index in [9.17, 15) is 10.1 Å². The van der Waals surface area contributed by atoms with E-state index in [1.807, 2.05) is 39.0 Å². The van der Waals surface area contributed by atoms with Gasteiger partial charge in [0.1, 0.15) is 18.2 Å². The van der Waals surface area contributed by atoms with Crippen molar-refractivity contribution in [2.45, 2.75) is 39.8 Å². The largest absolute Gasteiger partial charge is 0.490 e. The predicted molar refractivity (Wildman–Crippen MR) is 129 cm³/mol. The summed E-state index contributed by atoms with van der Waals surface area (Å²) in [5.74, 6) is 0.658. The van der Waals surface area contributed by atoms with Gasteiger partial charge in [-0.3, -0.25) is 4.79 Å². The molecule has 0 unspecified atom stereocenters. The van der Waals surface area contributed by atoms with Gasteiger partial charge in [-0.15, -0.1) is 6.58 Å². The Morgan fingerprint density at radius 3 is 2.56 bits per heavy atom. The molecule has 32 heavy (non-hydrogen) atoms. The van der Waals surface area contributed by atoms with E-state index in [1.165, 1.54) is 6.08 Å². The van der Waals surface area contributed by atoms with Crippen LogP contribution in [-0.2, 0) is 17.8 Å². The van der Waals surface area contributed by atoms with Crippen molar-refractivity contribution in [1.29, 1.82) is 5.26 Å². The SMILES string of the molecule is C=CCc1cc(/C=C(/C#N)C(=O)NC(C)C)cc(OCC)c1OCc1ccc(Cl)c(Cl)c1. The summed E-state index contributed by atoms with van der Waals surface area (Å²) in [6, 6.07) is 10.8. The number of nitriles is 1. The summed E-state index contributed by atoms with van der Waals surface area (Å²) in [5, 5.41) is 13.1. The van der Waals surface area contributed by atoms with E-state index in [0.717, 1.165) is 11.1 Å². The highest BCUT2D eigenvalue weighted by atomic mass is 35.5. The molecule has 0 atom stereocenters. The lowest BCUT2D eigenvalue weighted by Gasteiger charge is -2.17. The second kappa shape index (κ2) is 12.2. The number of ether oxygens (including phenoxy) is 2. The van der Waals surface area contributed by atoms with Gasteiger partial charge in [0, 0.05) is 11.6 Å². The Morgan fingerprint density at radius 2 is 1.97 bits per heavy atom. The summed E-state index contributed by atoms with van der Waals surface area (Å²) >= 11 is 12.1. The van der Waals surface area contributed by atoms with E-state index in [-0.39, 0.29) is 18.2 Å². The van der Waals surface area contributed by atoms with E-state index < -0.39 is 5.91 Å². The van der Waals surface area contributed by atoms with Gasteiger partial charge in [-0.05, 0) is 68.7 Å². The number of carbonyl (C=O) groups is 1. The van der Waals surface area contributed by atoms with Crippen LogP contribution in [0.1, 0.15) is 37.5 Å². The maximum atomic E-state index is 12.3. The number of halogens is 2. The summed E-state index contributed by atoms with van der Waals surface area (Å²) in [6.07, 6.45) is 3.80. The van der Waals surface area contributed by atoms with Crippen molar-refractivity contribution in [2.24, 2.45) is 0 Å². The first kappa shape index (κ1) is 25.3. The normalized spacial score (nSPS) is 11.1. The molecule has 1 amide bonds. The molecule has 7 heteroatoms. The third-order valence-corrected chi connectivity index (χ3v) is 5.02. The number of amides is 1. The van der Waals surface area contributed by atoms with Crippen molar-refractivity contribution in [3.8, 4) is 17.6 Å². The van der Waals surface area contributed by atoms with Crippen LogP contribution in [0.2, 0.25) is 10.0 Å². The van der Waals surface area contributed by atoms with Crippen LogP contribution in [0.4, 0.5) is 0 Å². The van der Waals surface area contributed by atoms with Crippen molar-refractivity contribution >= 4 is 35.2 Å². The maximum absolute atomic E-state index is 12.3. The van der Waals surface area contributed by atoms with Gasteiger partial charge in [-0.2, -0.15) is 5.26 Å². The van der Waals surface area contributed by atoms with E-state index in [1.54, 1.807) is 24.3 Å². The molecule has 0 aliphatic carbocycles. The Labute approximate surface area is 199 Å². The summed E-state index contributed by atoms with van der Waals surface area (Å²) in [4.78, 5) is 12.3. The fourth-order valence-electron chi connectivity index (χ4n) is 2.94. The highest BCUT2D eigenvalue weighted by molar-refractivity contribution is 6.42. The maximum Gasteiger partial charge on any atom is 0.262 e. The number of carbonyl (C=O) groups excluding carboxylic acids is 1. The van der Waals surface area contributed by atoms with Crippen LogP contribution >= 0.6 is 23.2 Å². The molecule has 5 nitrogen and oxygen atoms in total. The van der Waals surface area contributed by atoms with Gasteiger partial charge in [-0.1, -0.05) is 35.3 Å². The molecule has 0 bridgehead atoms. The average molecular weight is 473 g/mol. The number of rotatable bonds is 10. The van der Waals surface area contributed by atoms with Crippen LogP contribution in [-0.4, -0.2) is 18.6 Å². The Balaban J connectivity index is 2.44. The lowest BCUT2D eigenvalue weighted by molar-refractivity contribution is -0.117. The number of benzene rings is 2. The van der Waals surface area contributed by atoms with Gasteiger partial charge >= 0.3 is 0 Å². The number of allylic oxidation sites excluding steroid dienone is 1. The lowest BCUT2D eigenvalue weighted by atomic mass is 10.0. The van der Waals surface area contributed by atoms with Crippen LogP contribution in [0.25, 0.3) is 6.08 Å². The zero-order valence-corrected chi connectivity index (χ0v) is 19.9. The first-order valence-corrected chi connectivity index (χ1v) is 10.9. The number of hydrogen-bond acceptors (Lipinski definition) is 4. The molecular weight excluding hydrogens is 447 g/mol. The molecule has 0 aliphatic heterocycles. The summed E-state index contributed by atoms with van der Waals surface area (Å²) in [6.45, 7) is 10.0. The minimum atomic E-state index is -0.425. The minimum Gasteiger partial charge on any atom is -0.490 e. The van der Waals surface area contributed by atoms with Crippen LogP contribution in [0.5, 0.6) is 11.5 Å². The van der Waals surface area contributed by atoms with Gasteiger partial charge < -0.3 is 14.8 Å². The molecule has 2 aromatic rings. The van der Waals surface area contributed by atoms with Crippen LogP contribution < -0.4 is 14.8 Å². The van der Waals surface area contributed by atoms with Crippen molar-refractivity contribution in [3.05, 3.63) is 75.3 Å². The van der Waals surface area contributed by atoms with Gasteiger partial charge in [0.05, 0.1) is 16.7 Å². The highest BCUT2D eigenvalue weighted by Gasteiger charge is 2.16. The molecule has 0 heterocycles. The summed E-state index contributed by atoms with van der Waals surface area (Å²) in [7, 11) is 0. The van der Waals surface area contributed by atoms with Crippen molar-refractivity contribution in [3.63, 3.8) is 0 Å². The van der Waals surface area contributed by atoms with E-state index in [2.05, 4.69) is 11.9 Å². The summed E-state index contributed by atoms with van der Waals surface area (Å²) < 4.78 is 11.9. The average Bonchev–Trinajstić information content (AvgIpc) is 2.73. The number of nitrogens with one attached hydrogen (secondary N) is 1. The fraction of sp³-hybridized carbons (Fsp3) is 0.280. The molecule has 168 valence electrons. The molecular formula is C25H26Cl2N2O3. The van der Waals surface area contributed by atoms with Crippen molar-refractivity contribution in [2.75, 3.05) is 6.61 Å².